The topological polar surface area (TPSA) is 32.3 Å². The number of anilines is 1. The van der Waals surface area contributed by atoms with E-state index < -0.39 is 0 Å². The van der Waals surface area contributed by atoms with Crippen molar-refractivity contribution in [1.82, 2.24) is 4.90 Å². The van der Waals surface area contributed by atoms with Gasteiger partial charge in [0.15, 0.2) is 0 Å². The third-order valence-electron chi connectivity index (χ3n) is 5.59. The molecule has 5 heteroatoms. The van der Waals surface area contributed by atoms with Crippen molar-refractivity contribution >= 4 is 24.0 Å². The molecule has 3 fully saturated rings. The summed E-state index contributed by atoms with van der Waals surface area (Å²) in [6.45, 7) is 3.48. The third-order valence-corrected chi connectivity index (χ3v) is 5.59. The lowest BCUT2D eigenvalue weighted by atomic mass is 9.77. The smallest absolute Gasteiger partial charge is 0.224 e. The quantitative estimate of drug-likeness (QED) is 0.849. The van der Waals surface area contributed by atoms with E-state index in [0.717, 1.165) is 29.3 Å². The van der Waals surface area contributed by atoms with Gasteiger partial charge in [0.25, 0.3) is 0 Å². The average molecular weight is 375 g/mol. The molecule has 26 heavy (non-hydrogen) atoms. The number of benzene rings is 2. The first-order valence-electron chi connectivity index (χ1n) is 9.05. The van der Waals surface area contributed by atoms with Crippen LogP contribution in [-0.4, -0.2) is 30.4 Å². The maximum atomic E-state index is 13.0. The van der Waals surface area contributed by atoms with E-state index in [0.29, 0.717) is 12.3 Å². The summed E-state index contributed by atoms with van der Waals surface area (Å²) in [7, 11) is 0. The second-order valence-electron chi connectivity index (χ2n) is 7.23. The number of rotatable bonds is 4. The van der Waals surface area contributed by atoms with Crippen LogP contribution in [0.25, 0.3) is 11.1 Å². The number of nitrogens with zero attached hydrogens (tertiary/aromatic N) is 1. The van der Waals surface area contributed by atoms with E-state index in [1.165, 1.54) is 38.1 Å². The van der Waals surface area contributed by atoms with Gasteiger partial charge in [0, 0.05) is 18.7 Å². The SMILES string of the molecule is Cl.O=C(CC1CN2CCC1CC2)Nc1ccc(-c2ccc(F)cc2)cc1. The van der Waals surface area contributed by atoms with Crippen LogP contribution in [-0.2, 0) is 4.79 Å². The molecular weight excluding hydrogens is 351 g/mol. The molecule has 138 valence electrons. The molecule has 1 amide bonds. The summed E-state index contributed by atoms with van der Waals surface area (Å²) < 4.78 is 13.0. The summed E-state index contributed by atoms with van der Waals surface area (Å²) in [6, 6.07) is 14.2. The first kappa shape index (κ1) is 18.9. The molecule has 2 aromatic rings. The monoisotopic (exact) mass is 374 g/mol. The van der Waals surface area contributed by atoms with Crippen molar-refractivity contribution in [2.75, 3.05) is 25.0 Å². The highest BCUT2D eigenvalue weighted by Crippen LogP contribution is 2.34. The van der Waals surface area contributed by atoms with Gasteiger partial charge in [-0.1, -0.05) is 24.3 Å². The minimum absolute atomic E-state index is 0. The minimum atomic E-state index is -0.236. The van der Waals surface area contributed by atoms with Gasteiger partial charge < -0.3 is 10.2 Å². The second-order valence-corrected chi connectivity index (χ2v) is 7.23. The van der Waals surface area contributed by atoms with Gasteiger partial charge in [0.05, 0.1) is 0 Å². The molecule has 1 unspecified atom stereocenters. The van der Waals surface area contributed by atoms with E-state index in [2.05, 4.69) is 10.2 Å². The molecule has 2 aromatic carbocycles. The van der Waals surface area contributed by atoms with Crippen molar-refractivity contribution in [3.63, 3.8) is 0 Å². The minimum Gasteiger partial charge on any atom is -0.326 e. The number of fused-ring (bicyclic) bond motifs is 3. The summed E-state index contributed by atoms with van der Waals surface area (Å²) in [4.78, 5) is 14.9. The lowest BCUT2D eigenvalue weighted by Crippen LogP contribution is -2.48. The highest BCUT2D eigenvalue weighted by molar-refractivity contribution is 5.91. The zero-order chi connectivity index (χ0) is 17.2. The number of halogens is 2. The summed E-state index contributed by atoms with van der Waals surface area (Å²) in [5.74, 6) is 1.09. The van der Waals surface area contributed by atoms with Crippen molar-refractivity contribution < 1.29 is 9.18 Å². The first-order chi connectivity index (χ1) is 12.2. The molecule has 0 spiro atoms. The molecule has 0 aliphatic carbocycles. The van der Waals surface area contributed by atoms with Gasteiger partial charge in [-0.05, 0) is 73.2 Å². The zero-order valence-electron chi connectivity index (χ0n) is 14.7. The Morgan fingerprint density at radius 3 is 2.12 bits per heavy atom. The average Bonchev–Trinajstić information content (AvgIpc) is 2.64. The fourth-order valence-electron chi connectivity index (χ4n) is 4.16. The molecular formula is C21H24ClFN2O. The van der Waals surface area contributed by atoms with Crippen LogP contribution in [0.15, 0.2) is 48.5 Å². The van der Waals surface area contributed by atoms with Crippen molar-refractivity contribution in [2.24, 2.45) is 11.8 Å². The first-order valence-corrected chi connectivity index (χ1v) is 9.05. The Hall–Kier alpha value is -1.91. The van der Waals surface area contributed by atoms with E-state index >= 15 is 0 Å². The number of piperidine rings is 3. The molecule has 3 saturated heterocycles. The van der Waals surface area contributed by atoms with Gasteiger partial charge >= 0.3 is 0 Å². The van der Waals surface area contributed by atoms with Crippen molar-refractivity contribution in [3.05, 3.63) is 54.3 Å². The Labute approximate surface area is 160 Å². The van der Waals surface area contributed by atoms with E-state index in [9.17, 15) is 9.18 Å². The Morgan fingerprint density at radius 1 is 1.00 bits per heavy atom. The standard InChI is InChI=1S/C21H23FN2O.ClH/c22-19-5-1-15(2-6-19)16-3-7-20(8-4-16)23-21(25)13-18-14-24-11-9-17(18)10-12-24;/h1-8,17-18H,9-14H2,(H,23,25);1H. The second kappa shape index (κ2) is 8.19. The Balaban J connectivity index is 0.00000196. The van der Waals surface area contributed by atoms with Crippen LogP contribution in [0.5, 0.6) is 0 Å². The normalized spacial score (nSPS) is 24.0. The number of amides is 1. The highest BCUT2D eigenvalue weighted by atomic mass is 35.5. The number of hydrogen-bond donors (Lipinski definition) is 1. The van der Waals surface area contributed by atoms with Crippen LogP contribution in [0.3, 0.4) is 0 Å². The zero-order valence-corrected chi connectivity index (χ0v) is 15.5. The van der Waals surface area contributed by atoms with Crippen LogP contribution < -0.4 is 5.32 Å². The van der Waals surface area contributed by atoms with E-state index in [-0.39, 0.29) is 24.1 Å². The van der Waals surface area contributed by atoms with Gasteiger partial charge in [-0.2, -0.15) is 0 Å². The summed E-state index contributed by atoms with van der Waals surface area (Å²) >= 11 is 0. The predicted molar refractivity (Wildman–Crippen MR) is 105 cm³/mol. The van der Waals surface area contributed by atoms with Crippen molar-refractivity contribution in [1.29, 1.82) is 0 Å². The van der Waals surface area contributed by atoms with Crippen LogP contribution in [0.4, 0.5) is 10.1 Å². The number of hydrogen-bond acceptors (Lipinski definition) is 2. The number of carbonyl (C=O) groups is 1. The lowest BCUT2D eigenvalue weighted by Gasteiger charge is -2.44. The molecule has 1 atom stereocenters. The Bertz CT molecular complexity index is 740. The maximum Gasteiger partial charge on any atom is 0.224 e. The van der Waals surface area contributed by atoms with Gasteiger partial charge in [-0.3, -0.25) is 4.79 Å². The maximum absolute atomic E-state index is 13.0. The number of nitrogens with one attached hydrogen (secondary N) is 1. The Morgan fingerprint density at radius 2 is 1.58 bits per heavy atom. The molecule has 3 aliphatic heterocycles. The molecule has 1 N–H and O–H groups in total. The van der Waals surface area contributed by atoms with Gasteiger partial charge in [-0.25, -0.2) is 4.39 Å². The molecule has 0 radical (unpaired) electrons. The largest absolute Gasteiger partial charge is 0.326 e. The summed E-state index contributed by atoms with van der Waals surface area (Å²) in [5.41, 5.74) is 2.79. The van der Waals surface area contributed by atoms with Gasteiger partial charge in [0.1, 0.15) is 5.82 Å². The van der Waals surface area contributed by atoms with Crippen LogP contribution >= 0.6 is 12.4 Å². The molecule has 3 nitrogen and oxygen atoms in total. The third kappa shape index (κ3) is 4.25. The van der Waals surface area contributed by atoms with E-state index in [4.69, 9.17) is 0 Å². The summed E-state index contributed by atoms with van der Waals surface area (Å²) in [5, 5.41) is 3.02. The fraction of sp³-hybridized carbons (Fsp3) is 0.381. The van der Waals surface area contributed by atoms with E-state index in [1.54, 1.807) is 12.1 Å². The lowest BCUT2D eigenvalue weighted by molar-refractivity contribution is -0.118. The van der Waals surface area contributed by atoms with Crippen LogP contribution in [0.1, 0.15) is 19.3 Å². The molecule has 5 rings (SSSR count). The van der Waals surface area contributed by atoms with Crippen LogP contribution in [0.2, 0.25) is 0 Å². The van der Waals surface area contributed by atoms with Crippen LogP contribution in [0, 0.1) is 17.7 Å². The van der Waals surface area contributed by atoms with Gasteiger partial charge in [-0.15, -0.1) is 12.4 Å². The van der Waals surface area contributed by atoms with Crippen molar-refractivity contribution in [3.8, 4) is 11.1 Å². The summed E-state index contributed by atoms with van der Waals surface area (Å²) in [6.07, 6.45) is 3.09. The predicted octanol–water partition coefficient (Wildman–Crippen LogP) is 4.58. The van der Waals surface area contributed by atoms with Gasteiger partial charge in [0.2, 0.25) is 5.91 Å². The van der Waals surface area contributed by atoms with Crippen molar-refractivity contribution in [2.45, 2.75) is 19.3 Å². The molecule has 2 bridgehead atoms. The Kier molecular flexibility index (Phi) is 5.94. The molecule has 0 aromatic heterocycles. The molecule has 3 heterocycles. The molecule has 3 aliphatic rings. The highest BCUT2D eigenvalue weighted by Gasteiger charge is 2.34. The fourth-order valence-corrected chi connectivity index (χ4v) is 4.16. The van der Waals surface area contributed by atoms with E-state index in [1.807, 2.05) is 24.3 Å². The number of carbonyl (C=O) groups excluding carboxylic acids is 1. The molecule has 0 saturated carbocycles.